The fraction of sp³-hybridized carbons (Fsp3) is 0.286. The highest BCUT2D eigenvalue weighted by Gasteiger charge is 2.12. The highest BCUT2D eigenvalue weighted by Crippen LogP contribution is 2.20. The zero-order chi connectivity index (χ0) is 8.43. The Balaban J connectivity index is 3.09. The molecular weight excluding hydrogens is 155 g/mol. The van der Waals surface area contributed by atoms with Crippen LogP contribution in [0.1, 0.15) is 17.7 Å². The van der Waals surface area contributed by atoms with Crippen molar-refractivity contribution < 1.29 is 13.2 Å². The van der Waals surface area contributed by atoms with E-state index < -0.39 is 17.8 Å². The van der Waals surface area contributed by atoms with E-state index in [4.69, 9.17) is 0 Å². The zero-order valence-electron chi connectivity index (χ0n) is 5.81. The van der Waals surface area contributed by atoms with Gasteiger partial charge in [0.2, 0.25) is 0 Å². The standard InChI is InChI=1S/C7H6F3N/c1-4-2-6(8)5(3-11-4)7(9)10/h2-3,7H,1H3. The summed E-state index contributed by atoms with van der Waals surface area (Å²) in [4.78, 5) is 3.54. The fourth-order valence-electron chi connectivity index (χ4n) is 0.698. The van der Waals surface area contributed by atoms with Crippen molar-refractivity contribution in [1.29, 1.82) is 0 Å². The Labute approximate surface area is 61.9 Å². The van der Waals surface area contributed by atoms with Crippen LogP contribution in [0.4, 0.5) is 13.2 Å². The topological polar surface area (TPSA) is 12.9 Å². The molecule has 4 heteroatoms. The molecule has 1 heterocycles. The smallest absolute Gasteiger partial charge is 0.261 e. The van der Waals surface area contributed by atoms with Crippen LogP contribution in [0.3, 0.4) is 0 Å². The van der Waals surface area contributed by atoms with E-state index >= 15 is 0 Å². The summed E-state index contributed by atoms with van der Waals surface area (Å²) in [5.41, 5.74) is -0.248. The van der Waals surface area contributed by atoms with Crippen molar-refractivity contribution in [2.24, 2.45) is 0 Å². The Kier molecular flexibility index (Phi) is 2.12. The van der Waals surface area contributed by atoms with Gasteiger partial charge in [-0.3, -0.25) is 4.98 Å². The maximum absolute atomic E-state index is 12.6. The Morgan fingerprint density at radius 3 is 2.55 bits per heavy atom. The lowest BCUT2D eigenvalue weighted by Gasteiger charge is -2.00. The van der Waals surface area contributed by atoms with Crippen LogP contribution in [0.25, 0.3) is 0 Å². The van der Waals surface area contributed by atoms with Gasteiger partial charge in [-0.1, -0.05) is 0 Å². The second-order valence-electron chi connectivity index (χ2n) is 2.15. The largest absolute Gasteiger partial charge is 0.268 e. The monoisotopic (exact) mass is 161 g/mol. The van der Waals surface area contributed by atoms with Gasteiger partial charge in [-0.15, -0.1) is 0 Å². The molecule has 0 aliphatic rings. The quantitative estimate of drug-likeness (QED) is 0.616. The first-order valence-corrected chi connectivity index (χ1v) is 3.01. The second-order valence-corrected chi connectivity index (χ2v) is 2.15. The Hall–Kier alpha value is -1.06. The average Bonchev–Trinajstić information content (AvgIpc) is 1.85. The summed E-state index contributed by atoms with van der Waals surface area (Å²) < 4.78 is 36.3. The second kappa shape index (κ2) is 2.90. The normalized spacial score (nSPS) is 10.6. The van der Waals surface area contributed by atoms with Crippen molar-refractivity contribution in [3.05, 3.63) is 29.3 Å². The van der Waals surface area contributed by atoms with E-state index in [1.807, 2.05) is 0 Å². The molecule has 0 aliphatic heterocycles. The molecule has 1 aromatic heterocycles. The number of pyridine rings is 1. The summed E-state index contributed by atoms with van der Waals surface area (Å²) in [6, 6.07) is 0.988. The minimum atomic E-state index is -2.79. The van der Waals surface area contributed by atoms with Crippen LogP contribution >= 0.6 is 0 Å². The molecule has 1 aromatic rings. The lowest BCUT2D eigenvalue weighted by molar-refractivity contribution is 0.146. The maximum Gasteiger partial charge on any atom is 0.268 e. The predicted octanol–water partition coefficient (Wildman–Crippen LogP) is 2.47. The van der Waals surface area contributed by atoms with Crippen LogP contribution < -0.4 is 0 Å². The summed E-state index contributed by atoms with van der Waals surface area (Å²) >= 11 is 0. The highest BCUT2D eigenvalue weighted by atomic mass is 19.3. The van der Waals surface area contributed by atoms with Gasteiger partial charge in [0.05, 0.1) is 5.56 Å². The summed E-state index contributed by atoms with van der Waals surface area (Å²) in [6.07, 6.45) is -1.93. The molecule has 0 bridgehead atoms. The van der Waals surface area contributed by atoms with Gasteiger partial charge in [-0.05, 0) is 13.0 Å². The first-order chi connectivity index (χ1) is 5.11. The molecule has 0 saturated carbocycles. The van der Waals surface area contributed by atoms with Crippen molar-refractivity contribution in [2.75, 3.05) is 0 Å². The highest BCUT2D eigenvalue weighted by molar-refractivity contribution is 5.16. The molecule has 0 radical (unpaired) electrons. The van der Waals surface area contributed by atoms with E-state index in [1.165, 1.54) is 0 Å². The molecule has 0 N–H and O–H groups in total. The number of aromatic nitrogens is 1. The number of aryl methyl sites for hydroxylation is 1. The van der Waals surface area contributed by atoms with E-state index in [9.17, 15) is 13.2 Å². The minimum absolute atomic E-state index is 0.395. The Bertz CT molecular complexity index is 260. The van der Waals surface area contributed by atoms with Gasteiger partial charge < -0.3 is 0 Å². The van der Waals surface area contributed by atoms with Gasteiger partial charge in [0, 0.05) is 11.9 Å². The first kappa shape index (κ1) is 8.04. The summed E-state index contributed by atoms with van der Waals surface area (Å²) in [5.74, 6) is -0.896. The van der Waals surface area contributed by atoms with Crippen molar-refractivity contribution in [2.45, 2.75) is 13.3 Å². The van der Waals surface area contributed by atoms with Crippen LogP contribution in [0.15, 0.2) is 12.3 Å². The van der Waals surface area contributed by atoms with Crippen LogP contribution in [-0.2, 0) is 0 Å². The molecule has 0 spiro atoms. The zero-order valence-corrected chi connectivity index (χ0v) is 5.81. The van der Waals surface area contributed by atoms with Crippen molar-refractivity contribution in [3.8, 4) is 0 Å². The van der Waals surface area contributed by atoms with Crippen molar-refractivity contribution >= 4 is 0 Å². The number of alkyl halides is 2. The first-order valence-electron chi connectivity index (χ1n) is 3.01. The fourth-order valence-corrected chi connectivity index (χ4v) is 0.698. The number of rotatable bonds is 1. The van der Waals surface area contributed by atoms with Gasteiger partial charge in [0.1, 0.15) is 5.82 Å². The predicted molar refractivity (Wildman–Crippen MR) is 33.9 cm³/mol. The number of hydrogen-bond acceptors (Lipinski definition) is 1. The summed E-state index contributed by atoms with van der Waals surface area (Å²) in [7, 11) is 0. The lowest BCUT2D eigenvalue weighted by Crippen LogP contribution is -1.93. The molecule has 1 nitrogen and oxygen atoms in total. The summed E-state index contributed by atoms with van der Waals surface area (Å²) in [6.45, 7) is 1.54. The van der Waals surface area contributed by atoms with Gasteiger partial charge in [0.25, 0.3) is 6.43 Å². The molecule has 0 amide bonds. The molecule has 60 valence electrons. The average molecular weight is 161 g/mol. The van der Waals surface area contributed by atoms with Gasteiger partial charge >= 0.3 is 0 Å². The van der Waals surface area contributed by atoms with Crippen LogP contribution in [0.2, 0.25) is 0 Å². The van der Waals surface area contributed by atoms with Gasteiger partial charge in [-0.25, -0.2) is 13.2 Å². The van der Waals surface area contributed by atoms with Gasteiger partial charge in [-0.2, -0.15) is 0 Å². The molecular formula is C7H6F3N. The maximum atomic E-state index is 12.6. The minimum Gasteiger partial charge on any atom is -0.261 e. The van der Waals surface area contributed by atoms with Crippen molar-refractivity contribution in [3.63, 3.8) is 0 Å². The third-order valence-electron chi connectivity index (χ3n) is 1.25. The SMILES string of the molecule is Cc1cc(F)c(C(F)F)cn1. The van der Waals surface area contributed by atoms with E-state index in [0.717, 1.165) is 12.3 Å². The Morgan fingerprint density at radius 1 is 1.45 bits per heavy atom. The van der Waals surface area contributed by atoms with Crippen molar-refractivity contribution in [1.82, 2.24) is 4.98 Å². The molecule has 11 heavy (non-hydrogen) atoms. The summed E-state index contributed by atoms with van der Waals surface area (Å²) in [5, 5.41) is 0. The molecule has 0 unspecified atom stereocenters. The molecule has 0 saturated heterocycles. The van der Waals surface area contributed by atoms with E-state index in [1.54, 1.807) is 6.92 Å². The molecule has 0 atom stereocenters. The molecule has 0 aliphatic carbocycles. The third kappa shape index (κ3) is 1.69. The van der Waals surface area contributed by atoms with Gasteiger partial charge in [0.15, 0.2) is 0 Å². The number of hydrogen-bond donors (Lipinski definition) is 0. The molecule has 0 fully saturated rings. The van der Waals surface area contributed by atoms with E-state index in [2.05, 4.69) is 4.98 Å². The van der Waals surface area contributed by atoms with E-state index in [0.29, 0.717) is 5.69 Å². The third-order valence-corrected chi connectivity index (χ3v) is 1.25. The molecule has 1 rings (SSSR count). The van der Waals surface area contributed by atoms with E-state index in [-0.39, 0.29) is 0 Å². The number of halogens is 3. The lowest BCUT2D eigenvalue weighted by atomic mass is 10.2. The van der Waals surface area contributed by atoms with Crippen LogP contribution in [-0.4, -0.2) is 4.98 Å². The van der Waals surface area contributed by atoms with Crippen LogP contribution in [0, 0.1) is 12.7 Å². The number of nitrogens with zero attached hydrogens (tertiary/aromatic N) is 1. The molecule has 0 aromatic carbocycles. The Morgan fingerprint density at radius 2 is 2.09 bits per heavy atom. The van der Waals surface area contributed by atoms with Crippen LogP contribution in [0.5, 0.6) is 0 Å².